The van der Waals surface area contributed by atoms with Crippen LogP contribution in [0.15, 0.2) is 0 Å². The van der Waals surface area contributed by atoms with Crippen LogP contribution in [0.4, 0.5) is 0 Å². The first-order valence-electron chi connectivity index (χ1n) is 35.0. The average Bonchev–Trinajstić information content (AvgIpc) is 1.52. The van der Waals surface area contributed by atoms with Crippen LogP contribution >= 0.6 is 7.82 Å². The molecule has 19 heteroatoms. The van der Waals surface area contributed by atoms with Gasteiger partial charge in [0.25, 0.3) is 0 Å². The van der Waals surface area contributed by atoms with Crippen molar-refractivity contribution in [1.29, 1.82) is 0 Å². The summed E-state index contributed by atoms with van der Waals surface area (Å²) in [5, 5.41) is 33.6. The molecule has 18 nitrogen and oxygen atoms in total. The SMILES string of the molecule is CCCCCCCCCCCCCC(=O)O[C@H](CCCCCCCCCCC)CC(=O)NC1C(OCC(OCO)[C@H](C)O)OC(CO)C(OP(=O)(O)O)C1OC(=O)C[C@@H](CCCCCCCCCCC)OC(=O)CCCCCCCCCCCCC. The van der Waals surface area contributed by atoms with E-state index in [-0.39, 0.29) is 19.3 Å². The van der Waals surface area contributed by atoms with Crippen molar-refractivity contribution in [2.75, 3.05) is 20.0 Å². The molecule has 1 heterocycles. The molecule has 508 valence electrons. The Morgan fingerprint density at radius 3 is 1.21 bits per heavy atom. The Labute approximate surface area is 521 Å². The highest BCUT2D eigenvalue weighted by molar-refractivity contribution is 7.46. The lowest BCUT2D eigenvalue weighted by Crippen LogP contribution is -2.66. The van der Waals surface area contributed by atoms with E-state index in [1.54, 1.807) is 0 Å². The highest BCUT2D eigenvalue weighted by atomic mass is 31.2. The number of carbonyl (C=O) groups is 4. The van der Waals surface area contributed by atoms with Gasteiger partial charge in [0, 0.05) is 12.8 Å². The van der Waals surface area contributed by atoms with Crippen LogP contribution in [-0.4, -0.2) is 124 Å². The zero-order chi connectivity index (χ0) is 63.3. The lowest BCUT2D eigenvalue weighted by atomic mass is 9.95. The first kappa shape index (κ1) is 81.8. The Bertz CT molecular complexity index is 1670. The summed E-state index contributed by atoms with van der Waals surface area (Å²) < 4.78 is 53.6. The van der Waals surface area contributed by atoms with Gasteiger partial charge in [0.1, 0.15) is 43.4 Å². The number of nitrogens with one attached hydrogen (secondary N) is 1. The second kappa shape index (κ2) is 55.6. The summed E-state index contributed by atoms with van der Waals surface area (Å²) in [5.41, 5.74) is 0. The number of rotatable bonds is 61. The summed E-state index contributed by atoms with van der Waals surface area (Å²) in [4.78, 5) is 76.4. The summed E-state index contributed by atoms with van der Waals surface area (Å²) in [6.45, 7) is 8.04. The first-order chi connectivity index (χ1) is 41.6. The zero-order valence-corrected chi connectivity index (χ0v) is 55.8. The topological polar surface area (TPSA) is 263 Å². The number of aliphatic hydroxyl groups excluding tert-OH is 3. The van der Waals surface area contributed by atoms with Gasteiger partial charge < -0.3 is 58.8 Å². The molecule has 0 spiro atoms. The number of hydrogen-bond donors (Lipinski definition) is 6. The van der Waals surface area contributed by atoms with Crippen molar-refractivity contribution < 1.29 is 81.8 Å². The lowest BCUT2D eigenvalue weighted by Gasteiger charge is -2.45. The van der Waals surface area contributed by atoms with Crippen molar-refractivity contribution in [3.8, 4) is 0 Å². The predicted molar refractivity (Wildman–Crippen MR) is 339 cm³/mol. The average molecular weight is 1250 g/mol. The molecule has 0 saturated carbocycles. The number of phosphoric ester groups is 1. The summed E-state index contributed by atoms with van der Waals surface area (Å²) in [5.74, 6) is -2.52. The van der Waals surface area contributed by atoms with Gasteiger partial charge in [0.15, 0.2) is 12.4 Å². The maximum atomic E-state index is 14.5. The highest BCUT2D eigenvalue weighted by Gasteiger charge is 2.52. The highest BCUT2D eigenvalue weighted by Crippen LogP contribution is 2.42. The number of aliphatic hydroxyl groups is 3. The Hall–Kier alpha value is -2.25. The molecular formula is C67H128NO17P. The molecular weight excluding hydrogens is 1120 g/mol. The monoisotopic (exact) mass is 1250 g/mol. The summed E-state index contributed by atoms with van der Waals surface area (Å²) >= 11 is 0. The fourth-order valence-electron chi connectivity index (χ4n) is 11.3. The number of ether oxygens (including phenoxy) is 6. The van der Waals surface area contributed by atoms with E-state index in [0.29, 0.717) is 38.5 Å². The van der Waals surface area contributed by atoms with Gasteiger partial charge in [-0.3, -0.25) is 23.7 Å². The van der Waals surface area contributed by atoms with E-state index in [1.807, 2.05) is 0 Å². The minimum atomic E-state index is -5.44. The van der Waals surface area contributed by atoms with Crippen molar-refractivity contribution in [3.63, 3.8) is 0 Å². The molecule has 0 radical (unpaired) electrons. The third-order valence-corrected chi connectivity index (χ3v) is 17.1. The van der Waals surface area contributed by atoms with Crippen LogP contribution in [0, 0.1) is 0 Å². The maximum absolute atomic E-state index is 14.5. The van der Waals surface area contributed by atoms with Crippen LogP contribution in [0.2, 0.25) is 0 Å². The molecule has 9 atom stereocenters. The van der Waals surface area contributed by atoms with E-state index in [9.17, 15) is 48.8 Å². The Kier molecular flexibility index (Phi) is 52.8. The second-order valence-electron chi connectivity index (χ2n) is 24.7. The van der Waals surface area contributed by atoms with E-state index in [2.05, 4.69) is 33.0 Å². The minimum Gasteiger partial charge on any atom is -0.462 e. The van der Waals surface area contributed by atoms with Gasteiger partial charge in [-0.1, -0.05) is 259 Å². The number of esters is 3. The predicted octanol–water partition coefficient (Wildman–Crippen LogP) is 15.2. The molecule has 1 fully saturated rings. The van der Waals surface area contributed by atoms with Crippen molar-refractivity contribution in [3.05, 3.63) is 0 Å². The molecule has 1 saturated heterocycles. The summed E-state index contributed by atoms with van der Waals surface area (Å²) in [6, 6.07) is -1.60. The molecule has 0 aromatic carbocycles. The van der Waals surface area contributed by atoms with Crippen LogP contribution in [0.25, 0.3) is 0 Å². The van der Waals surface area contributed by atoms with Gasteiger partial charge in [-0.05, 0) is 45.4 Å². The number of unbranched alkanes of at least 4 members (excludes halogenated alkanes) is 36. The van der Waals surface area contributed by atoms with Crippen molar-refractivity contribution in [1.82, 2.24) is 5.32 Å². The van der Waals surface area contributed by atoms with E-state index >= 15 is 0 Å². The molecule has 0 aliphatic carbocycles. The van der Waals surface area contributed by atoms with E-state index in [4.69, 9.17) is 32.9 Å². The van der Waals surface area contributed by atoms with Crippen LogP contribution in [-0.2, 0) is 56.7 Å². The molecule has 1 aliphatic rings. The largest absolute Gasteiger partial charge is 0.470 e. The Balaban J connectivity index is 3.49. The molecule has 0 aromatic rings. The molecule has 6 unspecified atom stereocenters. The standard InChI is InChI=1S/C67H128NO17P/c1-6-10-14-18-22-26-28-32-36-40-44-48-61(73)81-56(46-42-38-34-30-24-20-16-12-8-3)50-60(72)68-64-66(65(85-86(76,77)78)58(52-69)83-67(64)79-53-59(55(5)71)80-54-70)84-63(75)51-57(47-43-39-35-31-25-21-17-13-9-4)82-62(74)49-45-41-37-33-29-27-23-19-15-11-7-2/h55-59,64-67,69-71H,6-54H2,1-5H3,(H,68,72)(H2,76,77,78)/t55-,56+,57+,58?,59?,64?,65?,66?,67?/m0/s1. The number of phosphoric acid groups is 1. The molecule has 86 heavy (non-hydrogen) atoms. The Morgan fingerprint density at radius 2 is 0.860 bits per heavy atom. The van der Waals surface area contributed by atoms with Crippen LogP contribution in [0.5, 0.6) is 0 Å². The minimum absolute atomic E-state index is 0.173. The van der Waals surface area contributed by atoms with E-state index in [0.717, 1.165) is 89.9 Å². The van der Waals surface area contributed by atoms with Gasteiger partial charge in [0.05, 0.1) is 32.2 Å². The molecule has 0 bridgehead atoms. The molecule has 0 aromatic heterocycles. The maximum Gasteiger partial charge on any atom is 0.470 e. The second-order valence-corrected chi connectivity index (χ2v) is 25.9. The van der Waals surface area contributed by atoms with Gasteiger partial charge in [-0.15, -0.1) is 0 Å². The fraction of sp³-hybridized carbons (Fsp3) is 0.940. The van der Waals surface area contributed by atoms with Crippen LogP contribution < -0.4 is 5.32 Å². The van der Waals surface area contributed by atoms with Crippen LogP contribution in [0.3, 0.4) is 0 Å². The first-order valence-corrected chi connectivity index (χ1v) is 36.6. The van der Waals surface area contributed by atoms with Crippen LogP contribution in [0.1, 0.15) is 330 Å². The van der Waals surface area contributed by atoms with Gasteiger partial charge in [-0.2, -0.15) is 0 Å². The molecule has 1 amide bonds. The van der Waals surface area contributed by atoms with Crippen molar-refractivity contribution in [2.24, 2.45) is 0 Å². The smallest absolute Gasteiger partial charge is 0.462 e. The normalized spacial score (nSPS) is 18.6. The zero-order valence-electron chi connectivity index (χ0n) is 54.9. The molecule has 1 aliphatic heterocycles. The lowest BCUT2D eigenvalue weighted by molar-refractivity contribution is -0.279. The third kappa shape index (κ3) is 45.1. The van der Waals surface area contributed by atoms with Crippen molar-refractivity contribution >= 4 is 31.6 Å². The third-order valence-electron chi connectivity index (χ3n) is 16.6. The van der Waals surface area contributed by atoms with Gasteiger partial charge in [0.2, 0.25) is 5.91 Å². The van der Waals surface area contributed by atoms with E-state index in [1.165, 1.54) is 148 Å². The summed E-state index contributed by atoms with van der Waals surface area (Å²) in [7, 11) is -5.44. The van der Waals surface area contributed by atoms with Crippen molar-refractivity contribution in [2.45, 2.75) is 385 Å². The van der Waals surface area contributed by atoms with Gasteiger partial charge >= 0.3 is 25.7 Å². The Morgan fingerprint density at radius 1 is 0.500 bits per heavy atom. The molecule has 6 N–H and O–H groups in total. The van der Waals surface area contributed by atoms with E-state index < -0.39 is 113 Å². The fourth-order valence-corrected chi connectivity index (χ4v) is 11.9. The number of carbonyl (C=O) groups excluding carboxylic acids is 4. The van der Waals surface area contributed by atoms with Gasteiger partial charge in [-0.25, -0.2) is 4.57 Å². The summed E-state index contributed by atoms with van der Waals surface area (Å²) in [6.07, 6.45) is 32.9. The molecule has 1 rings (SSSR count). The number of hydrogen-bond acceptors (Lipinski definition) is 15. The quantitative estimate of drug-likeness (QED) is 0.0109. The number of amides is 1.